The molecule has 2 aromatic rings. The van der Waals surface area contributed by atoms with Crippen LogP contribution in [0, 0.1) is 18.8 Å². The van der Waals surface area contributed by atoms with Crippen molar-refractivity contribution in [3.05, 3.63) is 41.8 Å². The highest BCUT2D eigenvalue weighted by atomic mass is 19.1. The molecule has 1 nitrogen and oxygen atoms in total. The average molecular weight is 160 g/mol. The van der Waals surface area contributed by atoms with E-state index in [4.69, 9.17) is 0 Å². The van der Waals surface area contributed by atoms with Gasteiger partial charge in [-0.05, 0) is 25.1 Å². The first kappa shape index (κ1) is 7.22. The first-order valence-electron chi connectivity index (χ1n) is 3.70. The van der Waals surface area contributed by atoms with Crippen molar-refractivity contribution >= 4 is 10.9 Å². The molecule has 0 N–H and O–H groups in total. The van der Waals surface area contributed by atoms with Gasteiger partial charge in [-0.3, -0.25) is 4.98 Å². The van der Waals surface area contributed by atoms with Crippen molar-refractivity contribution in [2.45, 2.75) is 6.92 Å². The summed E-state index contributed by atoms with van der Waals surface area (Å²) in [7, 11) is 0. The van der Waals surface area contributed by atoms with Crippen LogP contribution < -0.4 is 0 Å². The maximum atomic E-state index is 12.7. The van der Waals surface area contributed by atoms with E-state index in [1.807, 2.05) is 13.0 Å². The molecule has 0 aliphatic rings. The number of hydrogen-bond donors (Lipinski definition) is 0. The Bertz CT molecular complexity index is 386. The number of hydrogen-bond acceptors (Lipinski definition) is 1. The lowest BCUT2D eigenvalue weighted by molar-refractivity contribution is 0.629. The van der Waals surface area contributed by atoms with E-state index in [2.05, 4.69) is 11.1 Å². The molecule has 0 fully saturated rings. The Hall–Kier alpha value is -1.44. The number of fused-ring (bicyclic) bond motifs is 1. The molecule has 0 saturated carbocycles. The van der Waals surface area contributed by atoms with Crippen LogP contribution in [-0.4, -0.2) is 4.98 Å². The molecule has 2 rings (SSSR count). The maximum absolute atomic E-state index is 12.7. The van der Waals surface area contributed by atoms with Crippen LogP contribution in [0.25, 0.3) is 10.9 Å². The molecule has 0 aliphatic heterocycles. The Morgan fingerprint density at radius 1 is 1.42 bits per heavy atom. The number of rotatable bonds is 0. The molecule has 0 amide bonds. The lowest BCUT2D eigenvalue weighted by atomic mass is 10.2. The average Bonchev–Trinajstić information content (AvgIpc) is 2.03. The third-order valence-corrected chi connectivity index (χ3v) is 1.72. The molecule has 0 unspecified atom stereocenters. The lowest BCUT2D eigenvalue weighted by Crippen LogP contribution is -1.84. The SMILES string of the molecule is Cc1[c]cc2ccc(F)cc2n1. The molecular formula is C10H7FN. The molecule has 0 aliphatic carbocycles. The predicted octanol–water partition coefficient (Wildman–Crippen LogP) is 2.48. The monoisotopic (exact) mass is 160 g/mol. The van der Waals surface area contributed by atoms with Crippen LogP contribution in [0.4, 0.5) is 4.39 Å². The molecule has 1 heterocycles. The molecule has 0 spiro atoms. The Kier molecular flexibility index (Phi) is 1.54. The summed E-state index contributed by atoms with van der Waals surface area (Å²) >= 11 is 0. The Balaban J connectivity index is 2.80. The zero-order valence-corrected chi connectivity index (χ0v) is 6.63. The first-order chi connectivity index (χ1) is 5.75. The van der Waals surface area contributed by atoms with Gasteiger partial charge in [0.1, 0.15) is 5.82 Å². The van der Waals surface area contributed by atoms with E-state index in [1.54, 1.807) is 6.07 Å². The molecule has 0 atom stereocenters. The van der Waals surface area contributed by atoms with E-state index in [9.17, 15) is 4.39 Å². The summed E-state index contributed by atoms with van der Waals surface area (Å²) in [5, 5.41) is 0.919. The quantitative estimate of drug-likeness (QED) is 0.577. The minimum Gasteiger partial charge on any atom is -0.252 e. The molecule has 0 bridgehead atoms. The van der Waals surface area contributed by atoms with Gasteiger partial charge in [0.05, 0.1) is 5.52 Å². The smallest absolute Gasteiger partial charge is 0.125 e. The summed E-state index contributed by atoms with van der Waals surface area (Å²) in [6.07, 6.45) is 0. The van der Waals surface area contributed by atoms with Crippen LogP contribution in [0.1, 0.15) is 5.69 Å². The van der Waals surface area contributed by atoms with E-state index in [0.29, 0.717) is 5.52 Å². The van der Waals surface area contributed by atoms with Crippen molar-refractivity contribution in [1.29, 1.82) is 0 Å². The minimum atomic E-state index is -0.249. The maximum Gasteiger partial charge on any atom is 0.125 e. The van der Waals surface area contributed by atoms with Gasteiger partial charge in [0.2, 0.25) is 0 Å². The Morgan fingerprint density at radius 2 is 2.25 bits per heavy atom. The van der Waals surface area contributed by atoms with Crippen molar-refractivity contribution < 1.29 is 4.39 Å². The van der Waals surface area contributed by atoms with E-state index < -0.39 is 0 Å². The van der Waals surface area contributed by atoms with Crippen molar-refractivity contribution in [3.8, 4) is 0 Å². The van der Waals surface area contributed by atoms with Crippen LogP contribution in [0.2, 0.25) is 0 Å². The Morgan fingerprint density at radius 3 is 3.08 bits per heavy atom. The third-order valence-electron chi connectivity index (χ3n) is 1.72. The standard InChI is InChI=1S/C10H7FN/c1-7-2-3-8-4-5-9(11)6-10(8)12-7/h3-6H,1H3. The molecule has 2 heteroatoms. The summed E-state index contributed by atoms with van der Waals surface area (Å²) in [6, 6.07) is 9.33. The van der Waals surface area contributed by atoms with Crippen molar-refractivity contribution in [3.63, 3.8) is 0 Å². The third kappa shape index (κ3) is 1.16. The van der Waals surface area contributed by atoms with Crippen molar-refractivity contribution in [2.24, 2.45) is 0 Å². The Labute approximate surface area is 69.9 Å². The van der Waals surface area contributed by atoms with Crippen molar-refractivity contribution in [2.75, 3.05) is 0 Å². The molecule has 1 radical (unpaired) electrons. The largest absolute Gasteiger partial charge is 0.252 e. The van der Waals surface area contributed by atoms with E-state index in [1.165, 1.54) is 12.1 Å². The van der Waals surface area contributed by atoms with Gasteiger partial charge in [-0.1, -0.05) is 0 Å². The predicted molar refractivity (Wildman–Crippen MR) is 45.3 cm³/mol. The van der Waals surface area contributed by atoms with Gasteiger partial charge in [0, 0.05) is 23.2 Å². The minimum absolute atomic E-state index is 0.249. The highest BCUT2D eigenvalue weighted by Crippen LogP contribution is 2.12. The van der Waals surface area contributed by atoms with Gasteiger partial charge in [0.25, 0.3) is 0 Å². The van der Waals surface area contributed by atoms with Crippen LogP contribution in [0.3, 0.4) is 0 Å². The second-order valence-corrected chi connectivity index (χ2v) is 2.69. The molecule has 12 heavy (non-hydrogen) atoms. The van der Waals surface area contributed by atoms with E-state index in [-0.39, 0.29) is 5.82 Å². The fourth-order valence-electron chi connectivity index (χ4n) is 1.13. The normalized spacial score (nSPS) is 10.5. The van der Waals surface area contributed by atoms with E-state index in [0.717, 1.165) is 11.1 Å². The highest BCUT2D eigenvalue weighted by molar-refractivity contribution is 5.78. The lowest BCUT2D eigenvalue weighted by Gasteiger charge is -1.97. The van der Waals surface area contributed by atoms with Crippen LogP contribution in [0.15, 0.2) is 24.3 Å². The summed E-state index contributed by atoms with van der Waals surface area (Å²) in [6.45, 7) is 1.84. The molecule has 1 aromatic carbocycles. The van der Waals surface area contributed by atoms with Gasteiger partial charge >= 0.3 is 0 Å². The number of nitrogens with zero attached hydrogens (tertiary/aromatic N) is 1. The van der Waals surface area contributed by atoms with E-state index >= 15 is 0 Å². The van der Waals surface area contributed by atoms with Gasteiger partial charge in [-0.2, -0.15) is 0 Å². The number of aryl methyl sites for hydroxylation is 1. The van der Waals surface area contributed by atoms with Gasteiger partial charge in [-0.15, -0.1) is 0 Å². The molecule has 0 saturated heterocycles. The fourth-order valence-corrected chi connectivity index (χ4v) is 1.13. The summed E-state index contributed by atoms with van der Waals surface area (Å²) < 4.78 is 12.7. The second kappa shape index (κ2) is 2.55. The number of aromatic nitrogens is 1. The topological polar surface area (TPSA) is 12.9 Å². The van der Waals surface area contributed by atoms with Crippen molar-refractivity contribution in [1.82, 2.24) is 4.98 Å². The van der Waals surface area contributed by atoms with Gasteiger partial charge in [0.15, 0.2) is 0 Å². The highest BCUT2D eigenvalue weighted by Gasteiger charge is 1.96. The number of benzene rings is 1. The first-order valence-corrected chi connectivity index (χ1v) is 3.70. The summed E-state index contributed by atoms with van der Waals surface area (Å²) in [5.41, 5.74) is 1.47. The summed E-state index contributed by atoms with van der Waals surface area (Å²) in [4.78, 5) is 4.14. The van der Waals surface area contributed by atoms with Crippen LogP contribution in [-0.2, 0) is 0 Å². The van der Waals surface area contributed by atoms with Crippen LogP contribution in [0.5, 0.6) is 0 Å². The van der Waals surface area contributed by atoms with Gasteiger partial charge in [-0.25, -0.2) is 4.39 Å². The number of pyridine rings is 1. The fraction of sp³-hybridized carbons (Fsp3) is 0.100. The van der Waals surface area contributed by atoms with Gasteiger partial charge < -0.3 is 0 Å². The zero-order valence-electron chi connectivity index (χ0n) is 6.63. The molecule has 59 valence electrons. The molecular weight excluding hydrogens is 153 g/mol. The zero-order chi connectivity index (χ0) is 8.55. The second-order valence-electron chi connectivity index (χ2n) is 2.69. The molecule has 1 aromatic heterocycles. The number of halogens is 1. The summed E-state index contributed by atoms with van der Waals surface area (Å²) in [5.74, 6) is -0.249. The van der Waals surface area contributed by atoms with Crippen LogP contribution >= 0.6 is 0 Å².